The second-order valence-electron chi connectivity index (χ2n) is 6.05. The lowest BCUT2D eigenvalue weighted by molar-refractivity contribution is -0.384. The minimum atomic E-state index is -0.567. The molecule has 8 nitrogen and oxygen atoms in total. The molecule has 0 saturated carbocycles. The van der Waals surface area contributed by atoms with Gasteiger partial charge in [-0.2, -0.15) is 0 Å². The van der Waals surface area contributed by atoms with Crippen molar-refractivity contribution >= 4 is 17.3 Å². The molecule has 3 aromatic rings. The summed E-state index contributed by atoms with van der Waals surface area (Å²) in [5.41, 5.74) is 1.42. The first-order chi connectivity index (χ1) is 13.4. The summed E-state index contributed by atoms with van der Waals surface area (Å²) in [4.78, 5) is 26.5. The molecule has 1 amide bonds. The van der Waals surface area contributed by atoms with E-state index in [4.69, 9.17) is 0 Å². The van der Waals surface area contributed by atoms with Gasteiger partial charge in [-0.1, -0.05) is 6.07 Å². The summed E-state index contributed by atoms with van der Waals surface area (Å²) in [7, 11) is 1.44. The molecule has 0 saturated heterocycles. The number of carbonyl (C=O) groups excluding carboxylic acids is 1. The van der Waals surface area contributed by atoms with Crippen molar-refractivity contribution in [2.75, 3.05) is 12.4 Å². The molecular formula is C19H18FN5O3. The molecule has 0 radical (unpaired) electrons. The smallest absolute Gasteiger partial charge is 0.270 e. The monoisotopic (exact) mass is 383 g/mol. The second-order valence-corrected chi connectivity index (χ2v) is 6.05. The molecule has 0 aliphatic rings. The van der Waals surface area contributed by atoms with Crippen LogP contribution in [0.2, 0.25) is 0 Å². The number of hydrogen-bond donors (Lipinski definition) is 2. The molecular weight excluding hydrogens is 365 g/mol. The number of aryl methyl sites for hydroxylation is 1. The van der Waals surface area contributed by atoms with Gasteiger partial charge in [-0.05, 0) is 30.7 Å². The largest absolute Gasteiger partial charge is 0.380 e. The number of benzene rings is 2. The maximum atomic E-state index is 14.5. The van der Waals surface area contributed by atoms with Crippen LogP contribution in [-0.2, 0) is 6.54 Å². The molecule has 28 heavy (non-hydrogen) atoms. The number of aromatic nitrogens is 2. The predicted octanol–water partition coefficient (Wildman–Crippen LogP) is 3.20. The summed E-state index contributed by atoms with van der Waals surface area (Å²) >= 11 is 0. The topological polar surface area (TPSA) is 102 Å². The molecule has 0 spiro atoms. The maximum absolute atomic E-state index is 14.5. The SMILES string of the molecule is CNC(=O)c1cc([N+](=O)[O-])ccc1NCc1ccc(-n2ccnc2C)c(F)c1. The number of hydrogen-bond acceptors (Lipinski definition) is 5. The van der Waals surface area contributed by atoms with E-state index in [0.717, 1.165) is 0 Å². The third-order valence-electron chi connectivity index (χ3n) is 4.27. The average molecular weight is 383 g/mol. The highest BCUT2D eigenvalue weighted by Gasteiger charge is 2.16. The first-order valence-electron chi connectivity index (χ1n) is 8.44. The van der Waals surface area contributed by atoms with Crippen LogP contribution >= 0.6 is 0 Å². The molecule has 2 N–H and O–H groups in total. The second kappa shape index (κ2) is 7.87. The zero-order valence-corrected chi connectivity index (χ0v) is 15.3. The van der Waals surface area contributed by atoms with Gasteiger partial charge in [-0.25, -0.2) is 9.37 Å². The van der Waals surface area contributed by atoms with Crippen LogP contribution in [0.1, 0.15) is 21.7 Å². The van der Waals surface area contributed by atoms with Crippen molar-refractivity contribution in [2.24, 2.45) is 0 Å². The fraction of sp³-hybridized carbons (Fsp3) is 0.158. The van der Waals surface area contributed by atoms with Crippen molar-refractivity contribution in [3.8, 4) is 5.69 Å². The lowest BCUT2D eigenvalue weighted by atomic mass is 10.1. The molecule has 2 aromatic carbocycles. The maximum Gasteiger partial charge on any atom is 0.270 e. The molecule has 0 atom stereocenters. The van der Waals surface area contributed by atoms with Crippen LogP contribution in [-0.4, -0.2) is 27.4 Å². The molecule has 0 unspecified atom stereocenters. The number of rotatable bonds is 6. The zero-order valence-electron chi connectivity index (χ0n) is 15.3. The van der Waals surface area contributed by atoms with E-state index in [0.29, 0.717) is 22.8 Å². The highest BCUT2D eigenvalue weighted by Crippen LogP contribution is 2.23. The van der Waals surface area contributed by atoms with Crippen molar-refractivity contribution in [2.45, 2.75) is 13.5 Å². The first-order valence-corrected chi connectivity index (χ1v) is 8.44. The summed E-state index contributed by atoms with van der Waals surface area (Å²) in [5.74, 6) is -0.190. The minimum absolute atomic E-state index is 0.142. The van der Waals surface area contributed by atoms with Gasteiger partial charge in [0, 0.05) is 43.8 Å². The lowest BCUT2D eigenvalue weighted by Gasteiger charge is -2.13. The van der Waals surface area contributed by atoms with Crippen LogP contribution in [0.25, 0.3) is 5.69 Å². The van der Waals surface area contributed by atoms with E-state index in [2.05, 4.69) is 15.6 Å². The average Bonchev–Trinajstić information content (AvgIpc) is 3.11. The Kier molecular flexibility index (Phi) is 5.35. The van der Waals surface area contributed by atoms with Crippen molar-refractivity contribution in [1.82, 2.24) is 14.9 Å². The van der Waals surface area contributed by atoms with Gasteiger partial charge in [0.25, 0.3) is 11.6 Å². The number of halogens is 1. The fourth-order valence-corrected chi connectivity index (χ4v) is 2.81. The Morgan fingerprint density at radius 3 is 2.68 bits per heavy atom. The number of nitro benzene ring substituents is 1. The number of anilines is 1. The lowest BCUT2D eigenvalue weighted by Crippen LogP contribution is -2.20. The molecule has 3 rings (SSSR count). The van der Waals surface area contributed by atoms with Gasteiger partial charge < -0.3 is 15.2 Å². The molecule has 0 fully saturated rings. The third kappa shape index (κ3) is 3.83. The fourth-order valence-electron chi connectivity index (χ4n) is 2.81. The quantitative estimate of drug-likeness (QED) is 0.503. The summed E-state index contributed by atoms with van der Waals surface area (Å²) in [6.45, 7) is 2.02. The Hall–Kier alpha value is -3.75. The summed E-state index contributed by atoms with van der Waals surface area (Å²) in [6.07, 6.45) is 3.28. The number of nitro groups is 1. The van der Waals surface area contributed by atoms with Gasteiger partial charge in [0.15, 0.2) is 0 Å². The van der Waals surface area contributed by atoms with Crippen LogP contribution in [0.3, 0.4) is 0 Å². The summed E-state index contributed by atoms with van der Waals surface area (Å²) < 4.78 is 16.2. The molecule has 1 heterocycles. The Morgan fingerprint density at radius 2 is 2.07 bits per heavy atom. The van der Waals surface area contributed by atoms with Crippen LogP contribution in [0.15, 0.2) is 48.8 Å². The standard InChI is InChI=1S/C19H18FN5O3/c1-12-22-7-8-24(12)18-6-3-13(9-16(18)20)11-23-17-5-4-14(25(27)28)10-15(17)19(26)21-2/h3-10,23H,11H2,1-2H3,(H,21,26). The van der Waals surface area contributed by atoms with Crippen LogP contribution < -0.4 is 10.6 Å². The van der Waals surface area contributed by atoms with Crippen molar-refractivity contribution in [1.29, 1.82) is 0 Å². The van der Waals surface area contributed by atoms with Crippen LogP contribution in [0.4, 0.5) is 15.8 Å². The minimum Gasteiger partial charge on any atom is -0.380 e. The van der Waals surface area contributed by atoms with Gasteiger partial charge in [0.2, 0.25) is 0 Å². The Labute approximate surface area is 160 Å². The van der Waals surface area contributed by atoms with Gasteiger partial charge in [0.05, 0.1) is 16.2 Å². The Balaban J connectivity index is 1.82. The highest BCUT2D eigenvalue weighted by molar-refractivity contribution is 6.00. The molecule has 0 aliphatic heterocycles. The Bertz CT molecular complexity index is 1050. The third-order valence-corrected chi connectivity index (χ3v) is 4.27. The van der Waals surface area contributed by atoms with Gasteiger partial charge >= 0.3 is 0 Å². The van der Waals surface area contributed by atoms with E-state index in [9.17, 15) is 19.3 Å². The molecule has 1 aromatic heterocycles. The summed E-state index contributed by atoms with van der Waals surface area (Å²) in [5, 5.41) is 16.4. The number of imidazole rings is 1. The van der Waals surface area contributed by atoms with E-state index >= 15 is 0 Å². The van der Waals surface area contributed by atoms with Crippen molar-refractivity contribution in [3.05, 3.63) is 81.7 Å². The van der Waals surface area contributed by atoms with Crippen molar-refractivity contribution in [3.63, 3.8) is 0 Å². The molecule has 144 valence electrons. The molecule has 0 bridgehead atoms. The van der Waals surface area contributed by atoms with Crippen LogP contribution in [0.5, 0.6) is 0 Å². The number of amides is 1. The number of nitrogens with zero attached hydrogens (tertiary/aromatic N) is 3. The van der Waals surface area contributed by atoms with Crippen molar-refractivity contribution < 1.29 is 14.1 Å². The van der Waals surface area contributed by atoms with E-state index in [1.807, 2.05) is 0 Å². The van der Waals surface area contributed by atoms with E-state index < -0.39 is 16.6 Å². The van der Waals surface area contributed by atoms with E-state index in [1.54, 1.807) is 36.0 Å². The zero-order chi connectivity index (χ0) is 20.3. The van der Waals surface area contributed by atoms with Crippen LogP contribution in [0, 0.1) is 22.9 Å². The van der Waals surface area contributed by atoms with Gasteiger partial charge in [-0.15, -0.1) is 0 Å². The highest BCUT2D eigenvalue weighted by atomic mass is 19.1. The van der Waals surface area contributed by atoms with E-state index in [1.165, 1.54) is 31.3 Å². The summed E-state index contributed by atoms with van der Waals surface area (Å²) in [6, 6.07) is 8.77. The molecule has 9 heteroatoms. The number of carbonyl (C=O) groups is 1. The normalized spacial score (nSPS) is 10.5. The first kappa shape index (κ1) is 19.0. The molecule has 0 aliphatic carbocycles. The van der Waals surface area contributed by atoms with Gasteiger partial charge in [0.1, 0.15) is 11.6 Å². The number of non-ortho nitro benzene ring substituents is 1. The van der Waals surface area contributed by atoms with Gasteiger partial charge in [-0.3, -0.25) is 14.9 Å². The predicted molar refractivity (Wildman–Crippen MR) is 102 cm³/mol. The Morgan fingerprint density at radius 1 is 1.29 bits per heavy atom. The number of nitrogens with one attached hydrogen (secondary N) is 2. The van der Waals surface area contributed by atoms with E-state index in [-0.39, 0.29) is 17.8 Å².